The van der Waals surface area contributed by atoms with Crippen LogP contribution in [0.5, 0.6) is 17.2 Å². The number of halogens is 4. The number of ether oxygens (including phenoxy) is 2. The van der Waals surface area contributed by atoms with Crippen LogP contribution in [0.15, 0.2) is 35.2 Å². The molecule has 0 radical (unpaired) electrons. The highest BCUT2D eigenvalue weighted by molar-refractivity contribution is 14.1. The standard InChI is InChI=1S/C22H18F3IN2O6S/c1-3-34-16-7-11(6-13(26)19(16)30)8-17-20(31)28(21(32)35-17)10-18(29)27-14-9-12(22(23,24)25)4-5-15(14)33-2/h4-9,30H,3,10H2,1-2H3,(H,27,29)/b17-8-. The van der Waals surface area contributed by atoms with Crippen molar-refractivity contribution >= 4 is 63.2 Å². The molecular weight excluding hydrogens is 604 g/mol. The van der Waals surface area contributed by atoms with Gasteiger partial charge in [-0.25, -0.2) is 0 Å². The molecule has 0 spiro atoms. The minimum Gasteiger partial charge on any atom is -0.504 e. The molecule has 1 aliphatic heterocycles. The quantitative estimate of drug-likeness (QED) is 0.327. The predicted molar refractivity (Wildman–Crippen MR) is 131 cm³/mol. The van der Waals surface area contributed by atoms with E-state index in [-0.39, 0.29) is 27.8 Å². The Labute approximate surface area is 215 Å². The van der Waals surface area contributed by atoms with Gasteiger partial charge in [0.15, 0.2) is 11.5 Å². The van der Waals surface area contributed by atoms with E-state index in [1.807, 2.05) is 22.6 Å². The zero-order valence-corrected chi connectivity index (χ0v) is 21.2. The highest BCUT2D eigenvalue weighted by Gasteiger charge is 2.37. The van der Waals surface area contributed by atoms with Crippen LogP contribution >= 0.6 is 34.4 Å². The number of anilines is 1. The van der Waals surface area contributed by atoms with E-state index in [2.05, 4.69) is 5.32 Å². The van der Waals surface area contributed by atoms with Gasteiger partial charge in [0.1, 0.15) is 12.3 Å². The van der Waals surface area contributed by atoms with Gasteiger partial charge in [0, 0.05) is 0 Å². The van der Waals surface area contributed by atoms with Gasteiger partial charge in [-0.3, -0.25) is 19.3 Å². The van der Waals surface area contributed by atoms with Crippen molar-refractivity contribution in [1.82, 2.24) is 4.90 Å². The molecule has 8 nitrogen and oxygen atoms in total. The smallest absolute Gasteiger partial charge is 0.416 e. The van der Waals surface area contributed by atoms with Crippen LogP contribution in [0, 0.1) is 3.57 Å². The summed E-state index contributed by atoms with van der Waals surface area (Å²) in [6, 6.07) is 5.64. The number of methoxy groups -OCH3 is 1. The van der Waals surface area contributed by atoms with Gasteiger partial charge in [0.05, 0.1) is 33.4 Å². The number of hydrogen-bond acceptors (Lipinski definition) is 7. The first-order valence-electron chi connectivity index (χ1n) is 9.90. The molecule has 2 aromatic carbocycles. The Balaban J connectivity index is 1.78. The van der Waals surface area contributed by atoms with Crippen LogP contribution in [-0.4, -0.2) is 47.3 Å². The third-order valence-corrected chi connectivity index (χ3v) is 6.35. The molecule has 0 bridgehead atoms. The molecule has 1 saturated heterocycles. The first kappa shape index (κ1) is 26.7. The Kier molecular flexibility index (Phi) is 8.20. The molecule has 186 valence electrons. The van der Waals surface area contributed by atoms with Crippen LogP contribution in [-0.2, 0) is 15.8 Å². The maximum Gasteiger partial charge on any atom is 0.416 e. The van der Waals surface area contributed by atoms with E-state index < -0.39 is 35.3 Å². The molecule has 2 N–H and O–H groups in total. The van der Waals surface area contributed by atoms with Crippen molar-refractivity contribution in [3.8, 4) is 17.2 Å². The van der Waals surface area contributed by atoms with E-state index in [1.54, 1.807) is 13.0 Å². The molecule has 13 heteroatoms. The Bertz CT molecular complexity index is 1220. The number of amides is 3. The summed E-state index contributed by atoms with van der Waals surface area (Å²) in [5, 5.41) is 11.6. The number of rotatable bonds is 7. The number of carbonyl (C=O) groups excluding carboxylic acids is 3. The second-order valence-electron chi connectivity index (χ2n) is 7.01. The fraction of sp³-hybridized carbons (Fsp3) is 0.227. The summed E-state index contributed by atoms with van der Waals surface area (Å²) >= 11 is 2.50. The Morgan fingerprint density at radius 1 is 1.23 bits per heavy atom. The van der Waals surface area contributed by atoms with Crippen molar-refractivity contribution in [3.63, 3.8) is 0 Å². The average Bonchev–Trinajstić information content (AvgIpc) is 3.03. The third-order valence-electron chi connectivity index (χ3n) is 4.62. The number of nitrogens with one attached hydrogen (secondary N) is 1. The molecule has 0 unspecified atom stereocenters. The van der Waals surface area contributed by atoms with E-state index in [0.29, 0.717) is 38.5 Å². The third kappa shape index (κ3) is 6.20. The van der Waals surface area contributed by atoms with Crippen molar-refractivity contribution in [1.29, 1.82) is 0 Å². The lowest BCUT2D eigenvalue weighted by atomic mass is 10.1. The average molecular weight is 622 g/mol. The van der Waals surface area contributed by atoms with Gasteiger partial charge >= 0.3 is 6.18 Å². The first-order chi connectivity index (χ1) is 16.4. The lowest BCUT2D eigenvalue weighted by molar-refractivity contribution is -0.137. The number of thioether (sulfide) groups is 1. The van der Waals surface area contributed by atoms with Gasteiger partial charge in [-0.2, -0.15) is 13.2 Å². The molecule has 0 aromatic heterocycles. The molecule has 3 rings (SSSR count). The SMILES string of the molecule is CCOc1cc(/C=C2\SC(=O)N(CC(=O)Nc3cc(C(F)(F)F)ccc3OC)C2=O)cc(I)c1O. The number of carbonyl (C=O) groups is 3. The molecule has 35 heavy (non-hydrogen) atoms. The summed E-state index contributed by atoms with van der Waals surface area (Å²) in [5.74, 6) is -1.50. The van der Waals surface area contributed by atoms with Crippen LogP contribution < -0.4 is 14.8 Å². The summed E-state index contributed by atoms with van der Waals surface area (Å²) in [6.45, 7) is 1.33. The van der Waals surface area contributed by atoms with Gasteiger partial charge in [-0.1, -0.05) is 0 Å². The summed E-state index contributed by atoms with van der Waals surface area (Å²) < 4.78 is 49.9. The number of alkyl halides is 3. The summed E-state index contributed by atoms with van der Waals surface area (Å²) in [6.07, 6.45) is -3.22. The topological polar surface area (TPSA) is 105 Å². The molecule has 1 heterocycles. The molecular formula is C22H18F3IN2O6S. The number of hydrogen-bond donors (Lipinski definition) is 2. The van der Waals surface area contributed by atoms with E-state index in [4.69, 9.17) is 9.47 Å². The molecule has 0 saturated carbocycles. The normalized spacial score (nSPS) is 15.0. The number of nitrogens with zero attached hydrogens (tertiary/aromatic N) is 1. The van der Waals surface area contributed by atoms with Gasteiger partial charge < -0.3 is 19.9 Å². The predicted octanol–water partition coefficient (Wildman–Crippen LogP) is 5.10. The first-order valence-corrected chi connectivity index (χ1v) is 11.8. The summed E-state index contributed by atoms with van der Waals surface area (Å²) in [4.78, 5) is 38.3. The molecule has 0 aliphatic carbocycles. The van der Waals surface area contributed by atoms with Gasteiger partial charge in [-0.05, 0) is 83.2 Å². The number of phenolic OH excluding ortho intramolecular Hbond substituents is 1. The summed E-state index contributed by atoms with van der Waals surface area (Å²) in [5.41, 5.74) is -0.770. The lowest BCUT2D eigenvalue weighted by Crippen LogP contribution is -2.36. The van der Waals surface area contributed by atoms with E-state index in [1.165, 1.54) is 19.3 Å². The van der Waals surface area contributed by atoms with Crippen LogP contribution in [0.1, 0.15) is 18.1 Å². The molecule has 2 aromatic rings. The maximum atomic E-state index is 13.0. The number of imide groups is 1. The van der Waals surface area contributed by atoms with Crippen LogP contribution in [0.2, 0.25) is 0 Å². The van der Waals surface area contributed by atoms with Crippen LogP contribution in [0.3, 0.4) is 0 Å². The Morgan fingerprint density at radius 2 is 1.94 bits per heavy atom. The van der Waals surface area contributed by atoms with Gasteiger partial charge in [-0.15, -0.1) is 0 Å². The lowest BCUT2D eigenvalue weighted by Gasteiger charge is -2.16. The largest absolute Gasteiger partial charge is 0.504 e. The zero-order valence-electron chi connectivity index (χ0n) is 18.2. The van der Waals surface area contributed by atoms with Crippen LogP contribution in [0.25, 0.3) is 6.08 Å². The Morgan fingerprint density at radius 3 is 2.57 bits per heavy atom. The second kappa shape index (κ2) is 10.8. The molecule has 3 amide bonds. The van der Waals surface area contributed by atoms with Crippen molar-refractivity contribution in [2.24, 2.45) is 0 Å². The van der Waals surface area contributed by atoms with Crippen molar-refractivity contribution in [2.45, 2.75) is 13.1 Å². The van der Waals surface area contributed by atoms with Crippen molar-refractivity contribution in [2.75, 3.05) is 25.6 Å². The molecule has 1 fully saturated rings. The van der Waals surface area contributed by atoms with E-state index in [0.717, 1.165) is 12.1 Å². The van der Waals surface area contributed by atoms with E-state index in [9.17, 15) is 32.7 Å². The minimum atomic E-state index is -4.64. The molecule has 1 aliphatic rings. The fourth-order valence-electron chi connectivity index (χ4n) is 3.05. The summed E-state index contributed by atoms with van der Waals surface area (Å²) in [7, 11) is 1.22. The highest BCUT2D eigenvalue weighted by atomic mass is 127. The zero-order chi connectivity index (χ0) is 25.9. The van der Waals surface area contributed by atoms with Gasteiger partial charge in [0.2, 0.25) is 5.91 Å². The Hall–Kier alpha value is -2.94. The second-order valence-corrected chi connectivity index (χ2v) is 9.17. The fourth-order valence-corrected chi connectivity index (χ4v) is 4.51. The number of aromatic hydroxyl groups is 1. The van der Waals surface area contributed by atoms with Crippen LogP contribution in [0.4, 0.5) is 23.7 Å². The van der Waals surface area contributed by atoms with E-state index >= 15 is 0 Å². The number of phenols is 1. The monoisotopic (exact) mass is 622 g/mol. The number of benzene rings is 2. The highest BCUT2D eigenvalue weighted by Crippen LogP contribution is 2.37. The van der Waals surface area contributed by atoms with Crippen molar-refractivity contribution in [3.05, 3.63) is 49.9 Å². The maximum absolute atomic E-state index is 13.0. The van der Waals surface area contributed by atoms with Gasteiger partial charge in [0.25, 0.3) is 11.1 Å². The van der Waals surface area contributed by atoms with Crippen molar-refractivity contribution < 1.29 is 42.1 Å². The minimum absolute atomic E-state index is 0.0209. The molecule has 0 atom stereocenters.